The second-order valence-electron chi connectivity index (χ2n) is 6.67. The van der Waals surface area contributed by atoms with E-state index < -0.39 is 5.97 Å². The van der Waals surface area contributed by atoms with Crippen molar-refractivity contribution < 1.29 is 19.4 Å². The van der Waals surface area contributed by atoms with E-state index in [0.29, 0.717) is 16.5 Å². The quantitative estimate of drug-likeness (QED) is 0.773. The molecule has 2 aromatic carbocycles. The van der Waals surface area contributed by atoms with Crippen LogP contribution in [0.3, 0.4) is 0 Å². The molecule has 27 heavy (non-hydrogen) atoms. The topological polar surface area (TPSA) is 75.6 Å². The zero-order valence-corrected chi connectivity index (χ0v) is 16.1. The lowest BCUT2D eigenvalue weighted by Crippen LogP contribution is -2.17. The Labute approximate surface area is 163 Å². The van der Waals surface area contributed by atoms with Crippen molar-refractivity contribution in [2.24, 2.45) is 0 Å². The van der Waals surface area contributed by atoms with Crippen molar-refractivity contribution in [1.29, 1.82) is 0 Å². The fourth-order valence-corrected chi connectivity index (χ4v) is 4.17. The molecule has 1 aliphatic heterocycles. The highest BCUT2D eigenvalue weighted by Crippen LogP contribution is 2.26. The number of rotatable bonds is 6. The molecule has 5 nitrogen and oxygen atoms in total. The van der Waals surface area contributed by atoms with Crippen LogP contribution in [-0.2, 0) is 10.5 Å². The van der Waals surface area contributed by atoms with Gasteiger partial charge in [-0.1, -0.05) is 12.1 Å². The number of carboxylic acids is 1. The zero-order valence-electron chi connectivity index (χ0n) is 15.2. The molecule has 2 aromatic rings. The largest absolute Gasteiger partial charge is 0.478 e. The second kappa shape index (κ2) is 9.06. The van der Waals surface area contributed by atoms with E-state index in [4.69, 9.17) is 9.84 Å². The van der Waals surface area contributed by atoms with Gasteiger partial charge in [-0.25, -0.2) is 4.79 Å². The summed E-state index contributed by atoms with van der Waals surface area (Å²) in [6.45, 7) is 3.45. The minimum Gasteiger partial charge on any atom is -0.478 e. The number of ether oxygens (including phenoxy) is 1. The summed E-state index contributed by atoms with van der Waals surface area (Å²) >= 11 is 1.92. The molecule has 1 amide bonds. The number of carbonyl (C=O) groups excluding carboxylic acids is 1. The highest BCUT2D eigenvalue weighted by Gasteiger charge is 2.15. The van der Waals surface area contributed by atoms with E-state index in [9.17, 15) is 9.59 Å². The Morgan fingerprint density at radius 3 is 2.63 bits per heavy atom. The number of hydrogen-bond acceptors (Lipinski definition) is 4. The molecule has 142 valence electrons. The van der Waals surface area contributed by atoms with Crippen molar-refractivity contribution in [1.82, 2.24) is 0 Å². The van der Waals surface area contributed by atoms with Crippen LogP contribution in [0, 0.1) is 6.92 Å². The third kappa shape index (κ3) is 5.58. The molecule has 1 saturated heterocycles. The molecule has 6 heteroatoms. The Morgan fingerprint density at radius 1 is 1.15 bits per heavy atom. The Hall–Kier alpha value is -2.31. The summed E-state index contributed by atoms with van der Waals surface area (Å²) in [6.07, 6.45) is 2.17. The summed E-state index contributed by atoms with van der Waals surface area (Å²) in [7, 11) is 0. The van der Waals surface area contributed by atoms with Crippen LogP contribution in [-0.4, -0.2) is 35.4 Å². The number of hydrogen-bond donors (Lipinski definition) is 2. The number of thioether (sulfide) groups is 1. The number of aromatic carboxylic acids is 1. The molecule has 0 saturated carbocycles. The third-order valence-electron chi connectivity index (χ3n) is 4.43. The molecule has 2 N–H and O–H groups in total. The van der Waals surface area contributed by atoms with Crippen LogP contribution in [0.25, 0.3) is 0 Å². The smallest absolute Gasteiger partial charge is 0.335 e. The standard InChI is InChI=1S/C21H23NO4S/c1-14-9-16(12-17(10-14)21(24)25)20(23)22-18-4-2-3-15(11-18)13-27-19-5-7-26-8-6-19/h2-4,9-12,19H,5-8,13H2,1H3,(H,22,23)(H,24,25). The van der Waals surface area contributed by atoms with Gasteiger partial charge in [-0.05, 0) is 61.2 Å². The van der Waals surface area contributed by atoms with E-state index in [-0.39, 0.29) is 11.5 Å². The molecule has 0 bridgehead atoms. The van der Waals surface area contributed by atoms with E-state index in [2.05, 4.69) is 11.4 Å². The van der Waals surface area contributed by atoms with Crippen molar-refractivity contribution in [2.75, 3.05) is 18.5 Å². The maximum Gasteiger partial charge on any atom is 0.335 e. The predicted molar refractivity (Wildman–Crippen MR) is 108 cm³/mol. The van der Waals surface area contributed by atoms with Crippen LogP contribution < -0.4 is 5.32 Å². The number of amides is 1. The third-order valence-corrected chi connectivity index (χ3v) is 5.87. The van der Waals surface area contributed by atoms with Gasteiger partial charge in [0.05, 0.1) is 5.56 Å². The van der Waals surface area contributed by atoms with E-state index in [0.717, 1.165) is 42.9 Å². The predicted octanol–water partition coefficient (Wildman–Crippen LogP) is 4.36. The van der Waals surface area contributed by atoms with E-state index in [1.165, 1.54) is 6.07 Å². The van der Waals surface area contributed by atoms with Crippen LogP contribution in [0.1, 0.15) is 44.7 Å². The normalized spacial score (nSPS) is 14.7. The average Bonchev–Trinajstić information content (AvgIpc) is 2.67. The molecule has 0 atom stereocenters. The first-order chi connectivity index (χ1) is 13.0. The van der Waals surface area contributed by atoms with Crippen LogP contribution in [0.15, 0.2) is 42.5 Å². The molecule has 1 aliphatic rings. The SMILES string of the molecule is Cc1cc(C(=O)O)cc(C(=O)Nc2cccc(CSC3CCOCC3)c2)c1. The van der Waals surface area contributed by atoms with Gasteiger partial charge in [0.2, 0.25) is 0 Å². The summed E-state index contributed by atoms with van der Waals surface area (Å²) in [5, 5.41) is 12.7. The highest BCUT2D eigenvalue weighted by atomic mass is 32.2. The van der Waals surface area contributed by atoms with Crippen molar-refractivity contribution in [3.63, 3.8) is 0 Å². The van der Waals surface area contributed by atoms with Crippen LogP contribution in [0.5, 0.6) is 0 Å². The zero-order chi connectivity index (χ0) is 19.2. The van der Waals surface area contributed by atoms with Crippen molar-refractivity contribution in [2.45, 2.75) is 30.8 Å². The van der Waals surface area contributed by atoms with Gasteiger partial charge >= 0.3 is 5.97 Å². The number of benzene rings is 2. The van der Waals surface area contributed by atoms with Gasteiger partial charge in [0.15, 0.2) is 0 Å². The molecule has 0 aromatic heterocycles. The van der Waals surface area contributed by atoms with Gasteiger partial charge in [-0.2, -0.15) is 11.8 Å². The van der Waals surface area contributed by atoms with Crippen LogP contribution in [0.2, 0.25) is 0 Å². The maximum atomic E-state index is 12.5. The van der Waals surface area contributed by atoms with Gasteiger partial charge in [-0.3, -0.25) is 4.79 Å². The second-order valence-corrected chi connectivity index (χ2v) is 7.96. The first-order valence-electron chi connectivity index (χ1n) is 8.96. The lowest BCUT2D eigenvalue weighted by molar-refractivity contribution is 0.0696. The van der Waals surface area contributed by atoms with Gasteiger partial charge in [0, 0.05) is 35.5 Å². The Morgan fingerprint density at radius 2 is 1.89 bits per heavy atom. The van der Waals surface area contributed by atoms with Gasteiger partial charge in [-0.15, -0.1) is 0 Å². The van der Waals surface area contributed by atoms with Gasteiger partial charge in [0.25, 0.3) is 5.91 Å². The molecule has 1 heterocycles. The highest BCUT2D eigenvalue weighted by molar-refractivity contribution is 7.99. The summed E-state index contributed by atoms with van der Waals surface area (Å²) in [5.74, 6) is -0.461. The Balaban J connectivity index is 1.65. The summed E-state index contributed by atoms with van der Waals surface area (Å²) in [6, 6.07) is 12.4. The lowest BCUT2D eigenvalue weighted by atomic mass is 10.1. The fourth-order valence-electron chi connectivity index (χ4n) is 3.04. The monoisotopic (exact) mass is 385 g/mol. The average molecular weight is 385 g/mol. The van der Waals surface area contributed by atoms with Gasteiger partial charge < -0.3 is 15.2 Å². The van der Waals surface area contributed by atoms with Crippen LogP contribution in [0.4, 0.5) is 5.69 Å². The molecule has 0 aliphatic carbocycles. The number of nitrogens with one attached hydrogen (secondary N) is 1. The molecule has 0 radical (unpaired) electrons. The minimum absolute atomic E-state index is 0.113. The van der Waals surface area contributed by atoms with Crippen molar-refractivity contribution in [3.8, 4) is 0 Å². The Kier molecular flexibility index (Phi) is 6.53. The van der Waals surface area contributed by atoms with Crippen molar-refractivity contribution >= 4 is 29.3 Å². The molecule has 1 fully saturated rings. The van der Waals surface area contributed by atoms with E-state index >= 15 is 0 Å². The van der Waals surface area contributed by atoms with Crippen LogP contribution >= 0.6 is 11.8 Å². The molecular weight excluding hydrogens is 362 g/mol. The molecular formula is C21H23NO4S. The van der Waals surface area contributed by atoms with Crippen molar-refractivity contribution in [3.05, 3.63) is 64.7 Å². The lowest BCUT2D eigenvalue weighted by Gasteiger charge is -2.21. The number of carbonyl (C=O) groups is 2. The van der Waals surface area contributed by atoms with E-state index in [1.54, 1.807) is 19.1 Å². The fraction of sp³-hybridized carbons (Fsp3) is 0.333. The maximum absolute atomic E-state index is 12.5. The number of anilines is 1. The summed E-state index contributed by atoms with van der Waals surface area (Å²) in [4.78, 5) is 23.7. The summed E-state index contributed by atoms with van der Waals surface area (Å²) < 4.78 is 5.39. The van der Waals surface area contributed by atoms with Gasteiger partial charge in [0.1, 0.15) is 0 Å². The van der Waals surface area contributed by atoms with E-state index in [1.807, 2.05) is 30.0 Å². The minimum atomic E-state index is -1.04. The molecule has 0 unspecified atom stereocenters. The molecule has 0 spiro atoms. The molecule has 3 rings (SSSR count). The number of carboxylic acid groups (broad SMARTS) is 1. The number of aryl methyl sites for hydroxylation is 1. The summed E-state index contributed by atoms with van der Waals surface area (Å²) in [5.41, 5.74) is 3.06. The first-order valence-corrected chi connectivity index (χ1v) is 10.0. The Bertz CT molecular complexity index is 831. The first kappa shape index (κ1) is 19.5.